The van der Waals surface area contributed by atoms with Gasteiger partial charge >= 0.3 is 0 Å². The maximum absolute atomic E-state index is 2.40. The third-order valence-electron chi connectivity index (χ3n) is 10.8. The van der Waals surface area contributed by atoms with Crippen molar-refractivity contribution in [1.29, 1.82) is 0 Å². The summed E-state index contributed by atoms with van der Waals surface area (Å²) in [6, 6.07) is 81.5. The molecule has 10 aromatic carbocycles. The van der Waals surface area contributed by atoms with E-state index in [0.29, 0.717) is 0 Å². The Balaban J connectivity index is 1.22. The van der Waals surface area contributed by atoms with Gasteiger partial charge in [-0.3, -0.25) is 0 Å². The van der Waals surface area contributed by atoms with Crippen molar-refractivity contribution >= 4 is 49.4 Å². The van der Waals surface area contributed by atoms with Crippen LogP contribution in [0, 0.1) is 0 Å². The Morgan fingerprint density at radius 2 is 0.618 bits per heavy atom. The predicted octanol–water partition coefficient (Wildman–Crippen LogP) is 15.3. The molecule has 0 atom stereocenters. The molecule has 0 aliphatic carbocycles. The first-order valence-electron chi connectivity index (χ1n) is 18.9. The second kappa shape index (κ2) is 14.0. The first kappa shape index (κ1) is 32.4. The Hall–Kier alpha value is -7.22. The monoisotopic (exact) mass is 699 g/mol. The summed E-state index contributed by atoms with van der Waals surface area (Å²) in [4.78, 5) is 2.40. The molecule has 0 unspecified atom stereocenters. The quantitative estimate of drug-likeness (QED) is 0.150. The van der Waals surface area contributed by atoms with Gasteiger partial charge in [-0.15, -0.1) is 0 Å². The van der Waals surface area contributed by atoms with E-state index >= 15 is 0 Å². The lowest BCUT2D eigenvalue weighted by Crippen LogP contribution is -2.10. The highest BCUT2D eigenvalue weighted by atomic mass is 15.1. The summed E-state index contributed by atoms with van der Waals surface area (Å²) in [5.41, 5.74) is 12.9. The minimum Gasteiger partial charge on any atom is -0.310 e. The lowest BCUT2D eigenvalue weighted by molar-refractivity contribution is 1.29. The molecule has 10 rings (SSSR count). The molecule has 0 bridgehead atoms. The Bertz CT molecular complexity index is 2860. The summed E-state index contributed by atoms with van der Waals surface area (Å²) in [6.45, 7) is 0. The molecule has 0 aliphatic heterocycles. The number of nitrogens with zero attached hydrogens (tertiary/aromatic N) is 1. The van der Waals surface area contributed by atoms with Gasteiger partial charge in [0.05, 0.1) is 0 Å². The van der Waals surface area contributed by atoms with Crippen molar-refractivity contribution in [1.82, 2.24) is 0 Å². The van der Waals surface area contributed by atoms with Gasteiger partial charge in [-0.25, -0.2) is 0 Å². The van der Waals surface area contributed by atoms with Crippen LogP contribution in [0.1, 0.15) is 0 Å². The summed E-state index contributed by atoms with van der Waals surface area (Å²) >= 11 is 0. The molecule has 55 heavy (non-hydrogen) atoms. The summed E-state index contributed by atoms with van der Waals surface area (Å²) in [5, 5.41) is 7.61. The van der Waals surface area contributed by atoms with E-state index in [2.05, 4.69) is 229 Å². The maximum Gasteiger partial charge on any atom is 0.0468 e. The molecule has 0 radical (unpaired) electrons. The number of hydrogen-bond acceptors (Lipinski definition) is 1. The second-order valence-corrected chi connectivity index (χ2v) is 14.1. The zero-order valence-corrected chi connectivity index (χ0v) is 30.3. The SMILES string of the molecule is c1ccc(-c2cc(-c3ccccc3)c(-c3cccc(N(c4ccccc4)c4ccc5c6ccccc6c6ccccc6c5c4)c3)c(-c3ccccc3)c2)cc1. The fraction of sp³-hybridized carbons (Fsp3) is 0. The lowest BCUT2D eigenvalue weighted by Gasteiger charge is -2.27. The van der Waals surface area contributed by atoms with E-state index in [1.807, 2.05) is 0 Å². The van der Waals surface area contributed by atoms with Gasteiger partial charge in [0.1, 0.15) is 0 Å². The smallest absolute Gasteiger partial charge is 0.0468 e. The molecule has 0 heterocycles. The summed E-state index contributed by atoms with van der Waals surface area (Å²) in [5.74, 6) is 0. The molecule has 258 valence electrons. The molecule has 1 nitrogen and oxygen atoms in total. The van der Waals surface area contributed by atoms with Gasteiger partial charge in [-0.2, -0.15) is 0 Å². The average molecular weight is 700 g/mol. The molecule has 0 spiro atoms. The summed E-state index contributed by atoms with van der Waals surface area (Å²) in [7, 11) is 0. The molecule has 0 saturated heterocycles. The Labute approximate surface area is 322 Å². The predicted molar refractivity (Wildman–Crippen MR) is 235 cm³/mol. The lowest BCUT2D eigenvalue weighted by atomic mass is 9.84. The van der Waals surface area contributed by atoms with Crippen LogP contribution in [0.4, 0.5) is 17.1 Å². The average Bonchev–Trinajstić information content (AvgIpc) is 3.27. The Morgan fingerprint density at radius 3 is 1.16 bits per heavy atom. The number of fused-ring (bicyclic) bond motifs is 6. The number of hydrogen-bond donors (Lipinski definition) is 0. The summed E-state index contributed by atoms with van der Waals surface area (Å²) < 4.78 is 0. The molecule has 1 heteroatoms. The van der Waals surface area contributed by atoms with Gasteiger partial charge in [0.2, 0.25) is 0 Å². The zero-order chi connectivity index (χ0) is 36.6. The van der Waals surface area contributed by atoms with Gasteiger partial charge in [-0.1, -0.05) is 176 Å². The van der Waals surface area contributed by atoms with Gasteiger partial charge in [0, 0.05) is 17.1 Å². The molecular weight excluding hydrogens is 663 g/mol. The second-order valence-electron chi connectivity index (χ2n) is 14.1. The largest absolute Gasteiger partial charge is 0.310 e. The van der Waals surface area contributed by atoms with Crippen molar-refractivity contribution in [3.8, 4) is 44.5 Å². The first-order valence-corrected chi connectivity index (χ1v) is 18.9. The van der Waals surface area contributed by atoms with Crippen LogP contribution in [0.25, 0.3) is 76.8 Å². The molecule has 10 aromatic rings. The molecule has 0 fully saturated rings. The third kappa shape index (κ3) is 5.93. The highest BCUT2D eigenvalue weighted by Gasteiger charge is 2.20. The highest BCUT2D eigenvalue weighted by Crippen LogP contribution is 2.46. The highest BCUT2D eigenvalue weighted by molar-refractivity contribution is 6.25. The molecule has 0 saturated carbocycles. The molecular formula is C54H37N. The van der Waals surface area contributed by atoms with Crippen LogP contribution in [-0.4, -0.2) is 0 Å². The molecule has 0 aromatic heterocycles. The van der Waals surface area contributed by atoms with Gasteiger partial charge < -0.3 is 4.90 Å². The van der Waals surface area contributed by atoms with E-state index in [1.165, 1.54) is 71.3 Å². The van der Waals surface area contributed by atoms with Crippen LogP contribution < -0.4 is 4.90 Å². The van der Waals surface area contributed by atoms with Crippen LogP contribution in [0.15, 0.2) is 224 Å². The van der Waals surface area contributed by atoms with Crippen molar-refractivity contribution in [2.75, 3.05) is 4.90 Å². The van der Waals surface area contributed by atoms with Gasteiger partial charge in [-0.05, 0) is 125 Å². The summed E-state index contributed by atoms with van der Waals surface area (Å²) in [6.07, 6.45) is 0. The zero-order valence-electron chi connectivity index (χ0n) is 30.3. The van der Waals surface area contributed by atoms with Crippen molar-refractivity contribution < 1.29 is 0 Å². The number of benzene rings is 10. The fourth-order valence-corrected chi connectivity index (χ4v) is 8.30. The molecule has 0 aliphatic rings. The third-order valence-corrected chi connectivity index (χ3v) is 10.8. The minimum absolute atomic E-state index is 1.10. The van der Waals surface area contributed by atoms with Crippen molar-refractivity contribution in [2.24, 2.45) is 0 Å². The van der Waals surface area contributed by atoms with Crippen LogP contribution in [-0.2, 0) is 0 Å². The van der Waals surface area contributed by atoms with E-state index in [1.54, 1.807) is 0 Å². The molecule has 0 N–H and O–H groups in total. The fourth-order valence-electron chi connectivity index (χ4n) is 8.30. The van der Waals surface area contributed by atoms with Crippen LogP contribution in [0.2, 0.25) is 0 Å². The number of anilines is 3. The van der Waals surface area contributed by atoms with Gasteiger partial charge in [0.25, 0.3) is 0 Å². The van der Waals surface area contributed by atoms with Crippen molar-refractivity contribution in [3.63, 3.8) is 0 Å². The van der Waals surface area contributed by atoms with E-state index in [4.69, 9.17) is 0 Å². The number of rotatable bonds is 7. The van der Waals surface area contributed by atoms with E-state index in [9.17, 15) is 0 Å². The standard InChI is InChI=1S/C54H37N/c1-5-18-38(19-6-1)42-35-51(39-20-7-2-8-21-39)54(52(36-42)40-22-9-3-10-23-40)41-24-17-27-44(34-41)55(43-25-11-4-12-26-43)45-32-33-50-48-30-14-13-28-46(48)47-29-15-16-31-49(47)53(50)37-45/h1-37H. The van der Waals surface area contributed by atoms with E-state index < -0.39 is 0 Å². The van der Waals surface area contributed by atoms with Crippen molar-refractivity contribution in [3.05, 3.63) is 224 Å². The van der Waals surface area contributed by atoms with Crippen LogP contribution in [0.3, 0.4) is 0 Å². The van der Waals surface area contributed by atoms with Crippen LogP contribution >= 0.6 is 0 Å². The maximum atomic E-state index is 2.40. The number of para-hydroxylation sites is 1. The minimum atomic E-state index is 1.10. The van der Waals surface area contributed by atoms with Crippen molar-refractivity contribution in [2.45, 2.75) is 0 Å². The Morgan fingerprint density at radius 1 is 0.218 bits per heavy atom. The van der Waals surface area contributed by atoms with Gasteiger partial charge in [0.15, 0.2) is 0 Å². The van der Waals surface area contributed by atoms with E-state index in [0.717, 1.165) is 22.6 Å². The van der Waals surface area contributed by atoms with Crippen LogP contribution in [0.5, 0.6) is 0 Å². The first-order chi connectivity index (χ1) is 27.3. The van der Waals surface area contributed by atoms with E-state index in [-0.39, 0.29) is 0 Å². The Kier molecular flexibility index (Phi) is 8.24. The molecule has 0 amide bonds. The topological polar surface area (TPSA) is 3.24 Å². The normalized spacial score (nSPS) is 11.3.